The van der Waals surface area contributed by atoms with Gasteiger partial charge in [-0.3, -0.25) is 4.79 Å². The number of carbonyl (C=O) groups excluding carboxylic acids is 1. The minimum Gasteiger partial charge on any atom is -0.382 e. The molecule has 1 aromatic rings. The van der Waals surface area contributed by atoms with E-state index in [9.17, 15) is 4.79 Å². The van der Waals surface area contributed by atoms with E-state index in [-0.39, 0.29) is 5.91 Å². The molecule has 0 fully saturated rings. The lowest BCUT2D eigenvalue weighted by Crippen LogP contribution is -2.25. The summed E-state index contributed by atoms with van der Waals surface area (Å²) < 4.78 is 5.24. The first kappa shape index (κ1) is 16.4. The lowest BCUT2D eigenvalue weighted by molar-refractivity contribution is 0.0944. The maximum atomic E-state index is 12.1. The van der Waals surface area contributed by atoms with E-state index >= 15 is 0 Å². The van der Waals surface area contributed by atoms with Crippen LogP contribution in [0.25, 0.3) is 0 Å². The molecule has 1 amide bonds. The van der Waals surface area contributed by atoms with Crippen molar-refractivity contribution in [2.75, 3.05) is 31.6 Å². The first-order chi connectivity index (χ1) is 9.71. The second-order valence-electron chi connectivity index (χ2n) is 4.42. The monoisotopic (exact) mass is 279 g/mol. The van der Waals surface area contributed by atoms with Crippen LogP contribution < -0.4 is 10.6 Å². The highest BCUT2D eigenvalue weighted by molar-refractivity contribution is 5.95. The number of carbonyl (C=O) groups is 1. The Morgan fingerprint density at radius 2 is 2.10 bits per heavy atom. The van der Waals surface area contributed by atoms with Gasteiger partial charge in [0.1, 0.15) is 5.82 Å². The van der Waals surface area contributed by atoms with Crippen molar-refractivity contribution in [1.29, 1.82) is 0 Å². The number of ether oxygens (including phenoxy) is 1. The molecule has 0 aromatic carbocycles. The fourth-order valence-electron chi connectivity index (χ4n) is 1.79. The third kappa shape index (κ3) is 5.57. The molecule has 20 heavy (non-hydrogen) atoms. The number of nitrogens with zero attached hydrogens (tertiary/aromatic N) is 1. The Labute approximate surface area is 121 Å². The predicted octanol–water partition coefficient (Wildman–Crippen LogP) is 2.23. The summed E-state index contributed by atoms with van der Waals surface area (Å²) >= 11 is 0. The molecule has 1 heterocycles. The highest BCUT2D eigenvalue weighted by atomic mass is 16.5. The van der Waals surface area contributed by atoms with Crippen molar-refractivity contribution in [3.8, 4) is 0 Å². The van der Waals surface area contributed by atoms with Gasteiger partial charge in [0.2, 0.25) is 0 Å². The van der Waals surface area contributed by atoms with Crippen LogP contribution in [0.5, 0.6) is 0 Å². The van der Waals surface area contributed by atoms with Gasteiger partial charge >= 0.3 is 0 Å². The van der Waals surface area contributed by atoms with Gasteiger partial charge in [-0.2, -0.15) is 0 Å². The molecule has 0 atom stereocenters. The highest BCUT2D eigenvalue weighted by Gasteiger charge is 2.08. The minimum absolute atomic E-state index is 0.0576. The van der Waals surface area contributed by atoms with Gasteiger partial charge in [0, 0.05) is 37.6 Å². The molecule has 112 valence electrons. The lowest BCUT2D eigenvalue weighted by atomic mass is 10.2. The van der Waals surface area contributed by atoms with Crippen molar-refractivity contribution in [1.82, 2.24) is 10.3 Å². The van der Waals surface area contributed by atoms with Crippen LogP contribution in [0, 0.1) is 0 Å². The molecule has 0 spiro atoms. The minimum atomic E-state index is -0.0576. The van der Waals surface area contributed by atoms with Crippen molar-refractivity contribution < 1.29 is 9.53 Å². The van der Waals surface area contributed by atoms with Crippen LogP contribution in [0.2, 0.25) is 0 Å². The first-order valence-electron chi connectivity index (χ1n) is 7.32. The molecule has 0 saturated carbocycles. The Morgan fingerprint density at radius 3 is 2.75 bits per heavy atom. The van der Waals surface area contributed by atoms with E-state index in [4.69, 9.17) is 4.74 Å². The van der Waals surface area contributed by atoms with Crippen molar-refractivity contribution in [2.45, 2.75) is 33.6 Å². The van der Waals surface area contributed by atoms with Crippen LogP contribution in [-0.4, -0.2) is 37.2 Å². The van der Waals surface area contributed by atoms with E-state index in [0.29, 0.717) is 25.3 Å². The molecule has 5 nitrogen and oxygen atoms in total. The topological polar surface area (TPSA) is 63.2 Å². The third-order valence-electron chi connectivity index (χ3n) is 2.82. The molecule has 0 aliphatic heterocycles. The molecular formula is C15H25N3O2. The van der Waals surface area contributed by atoms with Gasteiger partial charge in [0.25, 0.3) is 5.91 Å². The van der Waals surface area contributed by atoms with Crippen molar-refractivity contribution in [2.24, 2.45) is 0 Å². The SMILES string of the molecule is CCNc1cc(C(=O)NCCCOCC)cc(CC)n1. The van der Waals surface area contributed by atoms with E-state index in [1.54, 1.807) is 6.07 Å². The molecule has 0 saturated heterocycles. The summed E-state index contributed by atoms with van der Waals surface area (Å²) in [5.74, 6) is 0.698. The smallest absolute Gasteiger partial charge is 0.251 e. The van der Waals surface area contributed by atoms with Crippen molar-refractivity contribution >= 4 is 11.7 Å². The van der Waals surface area contributed by atoms with Crippen LogP contribution in [0.15, 0.2) is 12.1 Å². The van der Waals surface area contributed by atoms with Gasteiger partial charge in [0.15, 0.2) is 0 Å². The van der Waals surface area contributed by atoms with Crippen LogP contribution in [0.1, 0.15) is 43.2 Å². The molecule has 0 unspecified atom stereocenters. The zero-order valence-corrected chi connectivity index (χ0v) is 12.7. The summed E-state index contributed by atoms with van der Waals surface area (Å²) in [6.07, 6.45) is 1.63. The number of amides is 1. The summed E-state index contributed by atoms with van der Waals surface area (Å²) in [6.45, 7) is 8.80. The number of nitrogens with one attached hydrogen (secondary N) is 2. The first-order valence-corrected chi connectivity index (χ1v) is 7.32. The predicted molar refractivity (Wildman–Crippen MR) is 81.2 cm³/mol. The summed E-state index contributed by atoms with van der Waals surface area (Å²) in [5, 5.41) is 6.05. The summed E-state index contributed by atoms with van der Waals surface area (Å²) in [4.78, 5) is 16.5. The number of aromatic nitrogens is 1. The fraction of sp³-hybridized carbons (Fsp3) is 0.600. The summed E-state index contributed by atoms with van der Waals surface area (Å²) in [5.41, 5.74) is 1.58. The molecule has 0 radical (unpaired) electrons. The zero-order valence-electron chi connectivity index (χ0n) is 12.7. The second kappa shape index (κ2) is 9.31. The quantitative estimate of drug-likeness (QED) is 0.680. The maximum Gasteiger partial charge on any atom is 0.251 e. The van der Waals surface area contributed by atoms with Gasteiger partial charge < -0.3 is 15.4 Å². The summed E-state index contributed by atoms with van der Waals surface area (Å²) in [6, 6.07) is 3.64. The van der Waals surface area contributed by atoms with Gasteiger partial charge in [-0.05, 0) is 38.8 Å². The molecule has 1 rings (SSSR count). The molecule has 0 aliphatic rings. The van der Waals surface area contributed by atoms with E-state index in [1.165, 1.54) is 0 Å². The van der Waals surface area contributed by atoms with Gasteiger partial charge in [-0.1, -0.05) is 6.92 Å². The Balaban J connectivity index is 2.59. The number of aryl methyl sites for hydroxylation is 1. The molecule has 1 aromatic heterocycles. The molecule has 5 heteroatoms. The Kier molecular flexibility index (Phi) is 7.65. The molecule has 0 aliphatic carbocycles. The average molecular weight is 279 g/mol. The van der Waals surface area contributed by atoms with Crippen molar-refractivity contribution in [3.63, 3.8) is 0 Å². The summed E-state index contributed by atoms with van der Waals surface area (Å²) in [7, 11) is 0. The molecule has 2 N–H and O–H groups in total. The van der Waals surface area contributed by atoms with Crippen LogP contribution >= 0.6 is 0 Å². The number of hydrogen-bond donors (Lipinski definition) is 2. The fourth-order valence-corrected chi connectivity index (χ4v) is 1.79. The average Bonchev–Trinajstić information content (AvgIpc) is 2.46. The van der Waals surface area contributed by atoms with Gasteiger partial charge in [-0.15, -0.1) is 0 Å². The van der Waals surface area contributed by atoms with Gasteiger partial charge in [-0.25, -0.2) is 4.98 Å². The number of anilines is 1. The largest absolute Gasteiger partial charge is 0.382 e. The van der Waals surface area contributed by atoms with Gasteiger partial charge in [0.05, 0.1) is 0 Å². The highest BCUT2D eigenvalue weighted by Crippen LogP contribution is 2.11. The second-order valence-corrected chi connectivity index (χ2v) is 4.42. The third-order valence-corrected chi connectivity index (χ3v) is 2.82. The Bertz CT molecular complexity index is 422. The number of pyridine rings is 1. The van der Waals surface area contributed by atoms with E-state index in [2.05, 4.69) is 15.6 Å². The number of hydrogen-bond acceptors (Lipinski definition) is 4. The number of rotatable bonds is 9. The molecular weight excluding hydrogens is 254 g/mol. The van der Waals surface area contributed by atoms with E-state index < -0.39 is 0 Å². The van der Waals surface area contributed by atoms with E-state index in [1.807, 2.05) is 26.8 Å². The van der Waals surface area contributed by atoms with Crippen LogP contribution in [0.4, 0.5) is 5.82 Å². The maximum absolute atomic E-state index is 12.1. The van der Waals surface area contributed by atoms with Crippen LogP contribution in [0.3, 0.4) is 0 Å². The van der Waals surface area contributed by atoms with Crippen molar-refractivity contribution in [3.05, 3.63) is 23.4 Å². The zero-order chi connectivity index (χ0) is 14.8. The van der Waals surface area contributed by atoms with E-state index in [0.717, 1.165) is 30.9 Å². The normalized spacial score (nSPS) is 10.3. The Hall–Kier alpha value is -1.62. The Morgan fingerprint density at radius 1 is 1.30 bits per heavy atom. The lowest BCUT2D eigenvalue weighted by Gasteiger charge is -2.09. The molecule has 0 bridgehead atoms. The van der Waals surface area contributed by atoms with Crippen LogP contribution in [-0.2, 0) is 11.2 Å². The standard InChI is InChI=1S/C15H25N3O2/c1-4-13-10-12(11-14(18-13)16-5-2)15(19)17-8-7-9-20-6-3/h10-11H,4-9H2,1-3H3,(H,16,18)(H,17,19).